The van der Waals surface area contributed by atoms with Crippen molar-refractivity contribution in [3.05, 3.63) is 40.4 Å². The van der Waals surface area contributed by atoms with Crippen LogP contribution in [0.4, 0.5) is 0 Å². The average molecular weight is 276 g/mol. The summed E-state index contributed by atoms with van der Waals surface area (Å²) in [7, 11) is 0. The lowest BCUT2D eigenvalue weighted by atomic mass is 10.2. The van der Waals surface area contributed by atoms with Gasteiger partial charge in [0.2, 0.25) is 4.77 Å². The van der Waals surface area contributed by atoms with Gasteiger partial charge in [0, 0.05) is 5.56 Å². The quantitative estimate of drug-likeness (QED) is 0.675. The third-order valence-electron chi connectivity index (χ3n) is 2.51. The Morgan fingerprint density at radius 3 is 2.95 bits per heavy atom. The van der Waals surface area contributed by atoms with E-state index in [0.717, 1.165) is 17.7 Å². The van der Waals surface area contributed by atoms with Crippen molar-refractivity contribution < 1.29 is 4.74 Å². The topological polar surface area (TPSA) is 55.2 Å². The summed E-state index contributed by atoms with van der Waals surface area (Å²) in [5, 5.41) is 11.0. The van der Waals surface area contributed by atoms with Crippen LogP contribution in [0.1, 0.15) is 24.7 Å². The minimum atomic E-state index is 0.473. The van der Waals surface area contributed by atoms with Crippen LogP contribution in [-0.2, 0) is 0 Å². The number of benzene rings is 1. The first-order chi connectivity index (χ1) is 9.22. The first-order valence-electron chi connectivity index (χ1n) is 6.12. The first kappa shape index (κ1) is 13.5. The molecule has 1 aromatic carbocycles. The summed E-state index contributed by atoms with van der Waals surface area (Å²) < 4.78 is 7.71. The highest BCUT2D eigenvalue weighted by atomic mass is 32.1. The summed E-state index contributed by atoms with van der Waals surface area (Å²) in [5.41, 5.74) is 0.915. The van der Waals surface area contributed by atoms with Crippen LogP contribution in [0, 0.1) is 11.7 Å². The van der Waals surface area contributed by atoms with Crippen molar-refractivity contribution >= 4 is 18.4 Å². The highest BCUT2D eigenvalue weighted by Crippen LogP contribution is 2.16. The van der Waals surface area contributed by atoms with Gasteiger partial charge in [-0.15, -0.1) is 0 Å². The van der Waals surface area contributed by atoms with Crippen molar-refractivity contribution in [1.29, 1.82) is 0 Å². The summed E-state index contributed by atoms with van der Waals surface area (Å²) >= 11 is 5.09. The Morgan fingerprint density at radius 2 is 2.26 bits per heavy atom. The standard InChI is InChI=1S/C13H16N4OS/c1-3-8-18-12-7-5-4-6-11(12)9-14-17-10(2)15-16-13(17)19/h4-7,9H,3,8H2,1-2H3,(H,16,19)/b14-9-. The lowest BCUT2D eigenvalue weighted by Crippen LogP contribution is -1.99. The second kappa shape index (κ2) is 6.29. The van der Waals surface area contributed by atoms with Gasteiger partial charge in [0.1, 0.15) is 11.6 Å². The van der Waals surface area contributed by atoms with Gasteiger partial charge in [-0.25, -0.2) is 0 Å². The molecule has 100 valence electrons. The van der Waals surface area contributed by atoms with E-state index < -0.39 is 0 Å². The van der Waals surface area contributed by atoms with E-state index in [1.165, 1.54) is 0 Å². The molecule has 0 amide bonds. The predicted molar refractivity (Wildman–Crippen MR) is 77.4 cm³/mol. The van der Waals surface area contributed by atoms with Crippen LogP contribution in [0.15, 0.2) is 29.4 Å². The van der Waals surface area contributed by atoms with Gasteiger partial charge in [0.05, 0.1) is 12.8 Å². The molecule has 0 spiro atoms. The van der Waals surface area contributed by atoms with Gasteiger partial charge >= 0.3 is 0 Å². The van der Waals surface area contributed by atoms with E-state index in [1.807, 2.05) is 31.2 Å². The molecule has 6 heteroatoms. The van der Waals surface area contributed by atoms with E-state index in [4.69, 9.17) is 17.0 Å². The van der Waals surface area contributed by atoms with Crippen LogP contribution >= 0.6 is 12.2 Å². The molecule has 0 bridgehead atoms. The maximum absolute atomic E-state index is 5.67. The zero-order chi connectivity index (χ0) is 13.7. The fraction of sp³-hybridized carbons (Fsp3) is 0.308. The molecule has 0 aliphatic rings. The summed E-state index contributed by atoms with van der Waals surface area (Å²) in [6.45, 7) is 4.60. The molecule has 2 aromatic rings. The average Bonchev–Trinajstić information content (AvgIpc) is 2.74. The third-order valence-corrected chi connectivity index (χ3v) is 2.77. The number of hydrogen-bond acceptors (Lipinski definition) is 4. The molecule has 1 N–H and O–H groups in total. The van der Waals surface area contributed by atoms with Crippen LogP contribution in [0.3, 0.4) is 0 Å². The van der Waals surface area contributed by atoms with E-state index in [1.54, 1.807) is 10.9 Å². The number of para-hydroxylation sites is 1. The number of aryl methyl sites for hydroxylation is 1. The summed E-state index contributed by atoms with van der Waals surface area (Å²) in [4.78, 5) is 0. The maximum atomic E-state index is 5.67. The molecule has 0 atom stereocenters. The largest absolute Gasteiger partial charge is 0.493 e. The summed E-state index contributed by atoms with van der Waals surface area (Å²) in [6, 6.07) is 7.77. The summed E-state index contributed by atoms with van der Waals surface area (Å²) in [6.07, 6.45) is 2.70. The molecule has 0 aliphatic heterocycles. The molecule has 19 heavy (non-hydrogen) atoms. The normalized spacial score (nSPS) is 11.1. The fourth-order valence-electron chi connectivity index (χ4n) is 1.56. The number of nitrogens with zero attached hydrogens (tertiary/aromatic N) is 3. The van der Waals surface area contributed by atoms with Crippen LogP contribution in [0.2, 0.25) is 0 Å². The molecule has 0 saturated carbocycles. The Bertz CT molecular complexity index is 630. The van der Waals surface area contributed by atoms with E-state index in [-0.39, 0.29) is 0 Å². The SMILES string of the molecule is CCCOc1ccccc1/C=N\n1c(C)n[nH]c1=S. The number of H-pyrrole nitrogens is 1. The maximum Gasteiger partial charge on any atom is 0.216 e. The number of hydrogen-bond donors (Lipinski definition) is 1. The van der Waals surface area contributed by atoms with Crippen molar-refractivity contribution in [2.75, 3.05) is 6.61 Å². The molecule has 1 aromatic heterocycles. The van der Waals surface area contributed by atoms with Gasteiger partial charge < -0.3 is 4.74 Å². The second-order valence-electron chi connectivity index (χ2n) is 4.02. The van der Waals surface area contributed by atoms with Crippen molar-refractivity contribution in [3.8, 4) is 5.75 Å². The second-order valence-corrected chi connectivity index (χ2v) is 4.41. The van der Waals surface area contributed by atoms with Crippen molar-refractivity contribution in [2.45, 2.75) is 20.3 Å². The highest BCUT2D eigenvalue weighted by Gasteiger charge is 2.01. The fourth-order valence-corrected chi connectivity index (χ4v) is 1.78. The molecule has 2 rings (SSSR count). The minimum Gasteiger partial charge on any atom is -0.493 e. The first-order valence-corrected chi connectivity index (χ1v) is 6.53. The number of rotatable bonds is 5. The number of ether oxygens (including phenoxy) is 1. The van der Waals surface area contributed by atoms with Crippen molar-refractivity contribution in [1.82, 2.24) is 14.9 Å². The molecule has 5 nitrogen and oxygen atoms in total. The molecule has 0 unspecified atom stereocenters. The van der Waals surface area contributed by atoms with Crippen molar-refractivity contribution in [3.63, 3.8) is 0 Å². The Labute approximate surface area is 116 Å². The molecular weight excluding hydrogens is 260 g/mol. The zero-order valence-corrected chi connectivity index (χ0v) is 11.8. The minimum absolute atomic E-state index is 0.473. The zero-order valence-electron chi connectivity index (χ0n) is 11.0. The predicted octanol–water partition coefficient (Wildman–Crippen LogP) is 2.92. The third kappa shape index (κ3) is 3.29. The number of nitrogens with one attached hydrogen (secondary N) is 1. The Balaban J connectivity index is 2.26. The molecule has 0 fully saturated rings. The van der Waals surface area contributed by atoms with E-state index in [2.05, 4.69) is 22.2 Å². The van der Waals surface area contributed by atoms with Crippen LogP contribution in [-0.4, -0.2) is 27.7 Å². The molecule has 0 saturated heterocycles. The molecule has 1 heterocycles. The van der Waals surface area contributed by atoms with Gasteiger partial charge in [-0.3, -0.25) is 5.10 Å². The van der Waals surface area contributed by atoms with Gasteiger partial charge in [-0.2, -0.15) is 14.9 Å². The smallest absolute Gasteiger partial charge is 0.216 e. The van der Waals surface area contributed by atoms with E-state index >= 15 is 0 Å². The van der Waals surface area contributed by atoms with Crippen LogP contribution in [0.5, 0.6) is 5.75 Å². The number of aromatic nitrogens is 3. The Hall–Kier alpha value is -1.95. The van der Waals surface area contributed by atoms with Crippen LogP contribution in [0.25, 0.3) is 0 Å². The molecule has 0 aliphatic carbocycles. The van der Waals surface area contributed by atoms with Gasteiger partial charge in [0.15, 0.2) is 0 Å². The highest BCUT2D eigenvalue weighted by molar-refractivity contribution is 7.71. The van der Waals surface area contributed by atoms with Crippen LogP contribution < -0.4 is 4.74 Å². The molecule has 0 radical (unpaired) electrons. The Kier molecular flexibility index (Phi) is 4.46. The van der Waals surface area contributed by atoms with Crippen molar-refractivity contribution in [2.24, 2.45) is 5.10 Å². The number of aromatic amines is 1. The van der Waals surface area contributed by atoms with E-state index in [9.17, 15) is 0 Å². The lowest BCUT2D eigenvalue weighted by molar-refractivity contribution is 0.317. The van der Waals surface area contributed by atoms with E-state index in [0.29, 0.717) is 17.2 Å². The summed E-state index contributed by atoms with van der Waals surface area (Å²) in [5.74, 6) is 1.54. The Morgan fingerprint density at radius 1 is 1.47 bits per heavy atom. The van der Waals surface area contributed by atoms with Gasteiger partial charge in [-0.05, 0) is 37.7 Å². The van der Waals surface area contributed by atoms with Gasteiger partial charge in [-0.1, -0.05) is 19.1 Å². The van der Waals surface area contributed by atoms with Gasteiger partial charge in [0.25, 0.3) is 0 Å². The lowest BCUT2D eigenvalue weighted by Gasteiger charge is -2.07. The monoisotopic (exact) mass is 276 g/mol. The molecular formula is C13H16N4OS.